The second-order valence-electron chi connectivity index (χ2n) is 4.36. The van der Waals surface area contributed by atoms with E-state index in [1.54, 1.807) is 6.92 Å². The van der Waals surface area contributed by atoms with Crippen molar-refractivity contribution in [1.82, 2.24) is 10.6 Å². The Labute approximate surface area is 105 Å². The molecule has 0 aromatic rings. The monoisotopic (exact) mass is 270 g/mol. The minimum absolute atomic E-state index is 0.0189. The molecule has 0 saturated carbocycles. The number of ether oxygens (including phenoxy) is 1. The highest BCUT2D eigenvalue weighted by Gasteiger charge is 2.27. The summed E-state index contributed by atoms with van der Waals surface area (Å²) in [6.07, 6.45) is -3.85. The fourth-order valence-corrected chi connectivity index (χ4v) is 1.18. The fourth-order valence-electron chi connectivity index (χ4n) is 1.18. The molecule has 0 rings (SSSR count). The van der Waals surface area contributed by atoms with Gasteiger partial charge in [-0.15, -0.1) is 0 Å². The number of carbonyl (C=O) groups excluding carboxylic acids is 1. The summed E-state index contributed by atoms with van der Waals surface area (Å²) in [6, 6.07) is -0.299. The second kappa shape index (κ2) is 8.31. The number of halogens is 3. The SMILES string of the molecule is CC(C)NC(=O)C(C)NCCCOCC(F)(F)F. The molecule has 0 aliphatic carbocycles. The molecule has 0 aliphatic heterocycles. The zero-order valence-corrected chi connectivity index (χ0v) is 10.9. The van der Waals surface area contributed by atoms with Crippen LogP contribution >= 0.6 is 0 Å². The Morgan fingerprint density at radius 3 is 2.39 bits per heavy atom. The van der Waals surface area contributed by atoms with Crippen LogP contribution in [-0.2, 0) is 9.53 Å². The lowest BCUT2D eigenvalue weighted by Gasteiger charge is -2.16. The third-order valence-corrected chi connectivity index (χ3v) is 2.01. The molecule has 0 saturated heterocycles. The van der Waals surface area contributed by atoms with Crippen LogP contribution in [0.2, 0.25) is 0 Å². The van der Waals surface area contributed by atoms with E-state index in [-0.39, 0.29) is 24.6 Å². The molecule has 0 spiro atoms. The smallest absolute Gasteiger partial charge is 0.372 e. The van der Waals surface area contributed by atoms with E-state index in [9.17, 15) is 18.0 Å². The number of nitrogens with one attached hydrogen (secondary N) is 2. The zero-order chi connectivity index (χ0) is 14.2. The molecule has 0 radical (unpaired) electrons. The minimum atomic E-state index is -4.28. The van der Waals surface area contributed by atoms with Gasteiger partial charge in [0.25, 0.3) is 0 Å². The lowest BCUT2D eigenvalue weighted by Crippen LogP contribution is -2.45. The van der Waals surface area contributed by atoms with Crippen LogP contribution < -0.4 is 10.6 Å². The van der Waals surface area contributed by atoms with Gasteiger partial charge in [0.2, 0.25) is 5.91 Å². The predicted molar refractivity (Wildman–Crippen MR) is 62.2 cm³/mol. The summed E-state index contributed by atoms with van der Waals surface area (Å²) in [5.41, 5.74) is 0. The molecule has 7 heteroatoms. The topological polar surface area (TPSA) is 50.4 Å². The quantitative estimate of drug-likeness (QED) is 0.656. The van der Waals surface area contributed by atoms with Crippen LogP contribution in [0.1, 0.15) is 27.2 Å². The van der Waals surface area contributed by atoms with Crippen LogP contribution in [0.5, 0.6) is 0 Å². The maximum absolute atomic E-state index is 11.7. The van der Waals surface area contributed by atoms with Crippen molar-refractivity contribution in [3.8, 4) is 0 Å². The van der Waals surface area contributed by atoms with Crippen molar-refractivity contribution in [2.24, 2.45) is 0 Å². The van der Waals surface area contributed by atoms with Crippen molar-refractivity contribution < 1.29 is 22.7 Å². The van der Waals surface area contributed by atoms with Crippen molar-refractivity contribution >= 4 is 5.91 Å². The Morgan fingerprint density at radius 2 is 1.89 bits per heavy atom. The predicted octanol–water partition coefficient (Wildman–Crippen LogP) is 1.46. The van der Waals surface area contributed by atoms with Crippen LogP contribution in [0.4, 0.5) is 13.2 Å². The summed E-state index contributed by atoms with van der Waals surface area (Å²) in [4.78, 5) is 11.5. The van der Waals surface area contributed by atoms with Crippen molar-refractivity contribution in [2.75, 3.05) is 19.8 Å². The Bertz CT molecular complexity index is 245. The third kappa shape index (κ3) is 10.3. The first-order valence-corrected chi connectivity index (χ1v) is 5.90. The van der Waals surface area contributed by atoms with Crippen molar-refractivity contribution in [2.45, 2.75) is 45.5 Å². The first-order chi connectivity index (χ1) is 8.22. The van der Waals surface area contributed by atoms with Crippen LogP contribution in [-0.4, -0.2) is 43.9 Å². The Hall–Kier alpha value is -0.820. The summed E-state index contributed by atoms with van der Waals surface area (Å²) in [5, 5.41) is 5.65. The molecule has 0 aromatic heterocycles. The molecule has 108 valence electrons. The van der Waals surface area contributed by atoms with E-state index < -0.39 is 12.8 Å². The summed E-state index contributed by atoms with van der Waals surface area (Å²) in [5.74, 6) is -0.124. The van der Waals surface area contributed by atoms with Crippen LogP contribution in [0.15, 0.2) is 0 Å². The molecule has 0 aliphatic rings. The zero-order valence-electron chi connectivity index (χ0n) is 10.9. The van der Waals surface area contributed by atoms with Gasteiger partial charge in [0.05, 0.1) is 6.04 Å². The molecule has 2 N–H and O–H groups in total. The molecule has 0 heterocycles. The van der Waals surface area contributed by atoms with E-state index in [0.29, 0.717) is 13.0 Å². The Morgan fingerprint density at radius 1 is 1.28 bits per heavy atom. The largest absolute Gasteiger partial charge is 0.411 e. The van der Waals surface area contributed by atoms with Gasteiger partial charge in [-0.3, -0.25) is 4.79 Å². The Kier molecular flexibility index (Phi) is 7.93. The van der Waals surface area contributed by atoms with Crippen molar-refractivity contribution in [3.63, 3.8) is 0 Å². The first-order valence-electron chi connectivity index (χ1n) is 5.90. The van der Waals surface area contributed by atoms with E-state index in [4.69, 9.17) is 0 Å². The molecule has 0 bridgehead atoms. The van der Waals surface area contributed by atoms with Crippen LogP contribution in [0, 0.1) is 0 Å². The van der Waals surface area contributed by atoms with E-state index in [1.807, 2.05) is 13.8 Å². The third-order valence-electron chi connectivity index (χ3n) is 2.01. The standard InChI is InChI=1S/C11H21F3N2O2/c1-8(2)16-10(17)9(3)15-5-4-6-18-7-11(12,13)14/h8-9,15H,4-7H2,1-3H3,(H,16,17). The number of hydrogen-bond donors (Lipinski definition) is 2. The summed E-state index contributed by atoms with van der Waals surface area (Å²) in [6.45, 7) is 4.64. The van der Waals surface area contributed by atoms with Gasteiger partial charge in [-0.25, -0.2) is 0 Å². The second-order valence-corrected chi connectivity index (χ2v) is 4.36. The molecular formula is C11H21F3N2O2. The van der Waals surface area contributed by atoms with Gasteiger partial charge in [-0.1, -0.05) is 0 Å². The number of amides is 1. The van der Waals surface area contributed by atoms with Gasteiger partial charge in [0.15, 0.2) is 0 Å². The van der Waals surface area contributed by atoms with Crippen LogP contribution in [0.25, 0.3) is 0 Å². The molecule has 1 unspecified atom stereocenters. The molecule has 18 heavy (non-hydrogen) atoms. The Balaban J connectivity index is 3.51. The van der Waals surface area contributed by atoms with E-state index >= 15 is 0 Å². The van der Waals surface area contributed by atoms with Gasteiger partial charge in [-0.05, 0) is 33.7 Å². The van der Waals surface area contributed by atoms with E-state index in [2.05, 4.69) is 15.4 Å². The van der Waals surface area contributed by atoms with Crippen LogP contribution in [0.3, 0.4) is 0 Å². The number of carbonyl (C=O) groups is 1. The lowest BCUT2D eigenvalue weighted by molar-refractivity contribution is -0.173. The molecule has 1 amide bonds. The van der Waals surface area contributed by atoms with Crippen molar-refractivity contribution in [1.29, 1.82) is 0 Å². The molecular weight excluding hydrogens is 249 g/mol. The average molecular weight is 270 g/mol. The highest BCUT2D eigenvalue weighted by molar-refractivity contribution is 5.81. The lowest BCUT2D eigenvalue weighted by atomic mass is 10.2. The molecule has 4 nitrogen and oxygen atoms in total. The van der Waals surface area contributed by atoms with Crippen molar-refractivity contribution in [3.05, 3.63) is 0 Å². The minimum Gasteiger partial charge on any atom is -0.372 e. The summed E-state index contributed by atoms with van der Waals surface area (Å²) < 4.78 is 39.6. The van der Waals surface area contributed by atoms with Gasteiger partial charge >= 0.3 is 6.18 Å². The average Bonchev–Trinajstić information content (AvgIpc) is 2.20. The highest BCUT2D eigenvalue weighted by atomic mass is 19.4. The van der Waals surface area contributed by atoms with Gasteiger partial charge in [-0.2, -0.15) is 13.2 Å². The normalized spacial score (nSPS) is 13.7. The first kappa shape index (κ1) is 17.2. The number of hydrogen-bond acceptors (Lipinski definition) is 3. The van der Waals surface area contributed by atoms with Gasteiger partial charge in [0.1, 0.15) is 6.61 Å². The molecule has 0 fully saturated rings. The molecule has 1 atom stereocenters. The van der Waals surface area contributed by atoms with Gasteiger partial charge < -0.3 is 15.4 Å². The maximum Gasteiger partial charge on any atom is 0.411 e. The van der Waals surface area contributed by atoms with Gasteiger partial charge in [0, 0.05) is 12.6 Å². The van der Waals surface area contributed by atoms with E-state index in [1.165, 1.54) is 0 Å². The number of rotatable bonds is 8. The van der Waals surface area contributed by atoms with E-state index in [0.717, 1.165) is 0 Å². The summed E-state index contributed by atoms with van der Waals surface area (Å²) >= 11 is 0. The molecule has 0 aromatic carbocycles. The maximum atomic E-state index is 11.7. The summed E-state index contributed by atoms with van der Waals surface area (Å²) in [7, 11) is 0. The fraction of sp³-hybridized carbons (Fsp3) is 0.909. The highest BCUT2D eigenvalue weighted by Crippen LogP contribution is 2.14. The number of alkyl halides is 3.